The smallest absolute Gasteiger partial charge is 0.325 e. The Balaban J connectivity index is 2.27. The summed E-state index contributed by atoms with van der Waals surface area (Å²) in [5, 5.41) is 5.95. The lowest BCUT2D eigenvalue weighted by atomic mass is 9.87. The molecule has 1 aromatic rings. The van der Waals surface area contributed by atoms with Crippen molar-refractivity contribution >= 4 is 29.4 Å². The zero-order valence-electron chi connectivity index (χ0n) is 13.4. The maximum absolute atomic E-state index is 12.8. The molecule has 1 saturated heterocycles. The fraction of sp³-hybridized carbons (Fsp3) is 0.438. The van der Waals surface area contributed by atoms with E-state index >= 15 is 0 Å². The summed E-state index contributed by atoms with van der Waals surface area (Å²) in [7, 11) is 0. The number of hydrogen-bond acceptors (Lipinski definition) is 3. The van der Waals surface area contributed by atoms with Crippen molar-refractivity contribution < 1.29 is 14.4 Å². The second-order valence-electron chi connectivity index (χ2n) is 5.81. The van der Waals surface area contributed by atoms with Crippen molar-refractivity contribution in [3.63, 3.8) is 0 Å². The van der Waals surface area contributed by atoms with Gasteiger partial charge >= 0.3 is 6.03 Å². The third kappa shape index (κ3) is 3.32. The van der Waals surface area contributed by atoms with E-state index in [4.69, 9.17) is 11.6 Å². The Morgan fingerprint density at radius 1 is 1.30 bits per heavy atom. The molecule has 7 heteroatoms. The topological polar surface area (TPSA) is 78.5 Å². The summed E-state index contributed by atoms with van der Waals surface area (Å²) in [4.78, 5) is 37.8. The first-order valence-electron chi connectivity index (χ1n) is 7.49. The number of amides is 4. The monoisotopic (exact) mass is 337 g/mol. The number of rotatable bonds is 5. The molecule has 1 heterocycles. The summed E-state index contributed by atoms with van der Waals surface area (Å²) in [6, 6.07) is 6.13. The van der Waals surface area contributed by atoms with Crippen LogP contribution in [0.25, 0.3) is 0 Å². The first-order valence-corrected chi connectivity index (χ1v) is 7.87. The highest BCUT2D eigenvalue weighted by Crippen LogP contribution is 2.32. The first kappa shape index (κ1) is 17.3. The highest BCUT2D eigenvalue weighted by atomic mass is 35.5. The molecule has 2 N–H and O–H groups in total. The molecular weight excluding hydrogens is 318 g/mol. The molecule has 23 heavy (non-hydrogen) atoms. The summed E-state index contributed by atoms with van der Waals surface area (Å²) in [6.45, 7) is 5.14. The van der Waals surface area contributed by atoms with Gasteiger partial charge in [-0.3, -0.25) is 14.5 Å². The van der Waals surface area contributed by atoms with E-state index < -0.39 is 17.5 Å². The number of hydrogen-bond donors (Lipinski definition) is 2. The normalized spacial score (nSPS) is 20.8. The Bertz CT molecular complexity index is 630. The van der Waals surface area contributed by atoms with Crippen molar-refractivity contribution in [3.05, 3.63) is 34.9 Å². The number of carbonyl (C=O) groups is 3. The van der Waals surface area contributed by atoms with E-state index in [0.29, 0.717) is 17.0 Å². The minimum absolute atomic E-state index is 0.0598. The number of benzene rings is 1. The van der Waals surface area contributed by atoms with Crippen LogP contribution in [-0.4, -0.2) is 35.3 Å². The summed E-state index contributed by atoms with van der Waals surface area (Å²) in [5.74, 6) is -0.794. The Labute approximate surface area is 140 Å². The van der Waals surface area contributed by atoms with Crippen LogP contribution in [0.3, 0.4) is 0 Å². The molecule has 0 radical (unpaired) electrons. The minimum atomic E-state index is -1.15. The largest absolute Gasteiger partial charge is 0.352 e. The second kappa shape index (κ2) is 6.58. The van der Waals surface area contributed by atoms with Gasteiger partial charge in [0.05, 0.1) is 0 Å². The van der Waals surface area contributed by atoms with Crippen LogP contribution in [0.1, 0.15) is 32.8 Å². The number of halogens is 1. The van der Waals surface area contributed by atoms with Gasteiger partial charge < -0.3 is 10.6 Å². The summed E-state index contributed by atoms with van der Waals surface area (Å²) in [5.41, 5.74) is -0.505. The summed E-state index contributed by atoms with van der Waals surface area (Å²) in [6.07, 6.45) is 0.376. The van der Waals surface area contributed by atoms with E-state index in [2.05, 4.69) is 10.6 Å². The van der Waals surface area contributed by atoms with Crippen molar-refractivity contribution in [1.29, 1.82) is 0 Å². The Hall–Kier alpha value is -2.08. The van der Waals surface area contributed by atoms with Gasteiger partial charge in [-0.2, -0.15) is 0 Å². The Morgan fingerprint density at radius 2 is 1.91 bits per heavy atom. The zero-order chi connectivity index (χ0) is 17.2. The zero-order valence-corrected chi connectivity index (χ0v) is 14.1. The van der Waals surface area contributed by atoms with Crippen molar-refractivity contribution in [2.24, 2.45) is 0 Å². The molecule has 4 amide bonds. The van der Waals surface area contributed by atoms with Crippen LogP contribution < -0.4 is 10.6 Å². The van der Waals surface area contributed by atoms with E-state index in [1.807, 2.05) is 20.8 Å². The van der Waals surface area contributed by atoms with Crippen LogP contribution in [0.5, 0.6) is 0 Å². The maximum atomic E-state index is 12.8. The van der Waals surface area contributed by atoms with Gasteiger partial charge in [-0.1, -0.05) is 30.7 Å². The lowest BCUT2D eigenvalue weighted by Gasteiger charge is -2.25. The third-order valence-electron chi connectivity index (χ3n) is 3.79. The molecule has 0 bridgehead atoms. The highest BCUT2D eigenvalue weighted by molar-refractivity contribution is 6.30. The molecule has 0 aromatic heterocycles. The molecule has 1 unspecified atom stereocenters. The van der Waals surface area contributed by atoms with Crippen LogP contribution in [0, 0.1) is 0 Å². The third-order valence-corrected chi connectivity index (χ3v) is 4.05. The van der Waals surface area contributed by atoms with E-state index in [-0.39, 0.29) is 18.5 Å². The second-order valence-corrected chi connectivity index (χ2v) is 6.25. The van der Waals surface area contributed by atoms with E-state index in [0.717, 1.165) is 4.90 Å². The first-order chi connectivity index (χ1) is 10.8. The number of nitrogens with zero attached hydrogens (tertiary/aromatic N) is 1. The number of nitrogens with one attached hydrogen (secondary N) is 2. The average Bonchev–Trinajstić information content (AvgIpc) is 2.72. The average molecular weight is 338 g/mol. The quantitative estimate of drug-likeness (QED) is 0.807. The Kier molecular flexibility index (Phi) is 4.94. The molecule has 1 fully saturated rings. The van der Waals surface area contributed by atoms with Gasteiger partial charge in [0, 0.05) is 11.1 Å². The van der Waals surface area contributed by atoms with E-state index in [9.17, 15) is 14.4 Å². The number of carbonyl (C=O) groups excluding carboxylic acids is 3. The molecule has 1 aromatic carbocycles. The SMILES string of the molecule is CCC1(c2ccc(Cl)cc2)NC(=O)N(CC(=O)NC(C)C)C1=O. The van der Waals surface area contributed by atoms with Crippen LogP contribution >= 0.6 is 11.6 Å². The fourth-order valence-corrected chi connectivity index (χ4v) is 2.78. The van der Waals surface area contributed by atoms with Crippen LogP contribution in [0.4, 0.5) is 4.79 Å². The number of imide groups is 1. The van der Waals surface area contributed by atoms with Crippen molar-refractivity contribution in [2.45, 2.75) is 38.8 Å². The van der Waals surface area contributed by atoms with Crippen LogP contribution in [0.2, 0.25) is 5.02 Å². The van der Waals surface area contributed by atoms with Gasteiger partial charge in [0.2, 0.25) is 5.91 Å². The van der Waals surface area contributed by atoms with Crippen LogP contribution in [-0.2, 0) is 15.1 Å². The lowest BCUT2D eigenvalue weighted by Crippen LogP contribution is -2.45. The molecule has 124 valence electrons. The molecule has 0 spiro atoms. The predicted molar refractivity (Wildman–Crippen MR) is 86.9 cm³/mol. The molecule has 2 rings (SSSR count). The number of urea groups is 1. The Morgan fingerprint density at radius 3 is 2.43 bits per heavy atom. The molecule has 6 nitrogen and oxygen atoms in total. The molecule has 1 aliphatic heterocycles. The van der Waals surface area contributed by atoms with Gasteiger partial charge in [0.1, 0.15) is 12.1 Å². The maximum Gasteiger partial charge on any atom is 0.325 e. The summed E-state index contributed by atoms with van der Waals surface area (Å²) < 4.78 is 0. The van der Waals surface area contributed by atoms with Gasteiger partial charge in [0.25, 0.3) is 5.91 Å². The van der Waals surface area contributed by atoms with Gasteiger partial charge in [0.15, 0.2) is 0 Å². The lowest BCUT2D eigenvalue weighted by molar-refractivity contribution is -0.135. The summed E-state index contributed by atoms with van der Waals surface area (Å²) >= 11 is 5.88. The standard InChI is InChI=1S/C16H20ClN3O3/c1-4-16(11-5-7-12(17)8-6-11)14(22)20(15(23)19-16)9-13(21)18-10(2)3/h5-8,10H,4,9H2,1-3H3,(H,18,21)(H,19,23). The molecular formula is C16H20ClN3O3. The molecule has 0 aliphatic carbocycles. The van der Waals surface area contributed by atoms with Gasteiger partial charge in [-0.05, 0) is 38.0 Å². The van der Waals surface area contributed by atoms with Crippen molar-refractivity contribution in [3.8, 4) is 0 Å². The van der Waals surface area contributed by atoms with Gasteiger partial charge in [-0.15, -0.1) is 0 Å². The van der Waals surface area contributed by atoms with Gasteiger partial charge in [-0.25, -0.2) is 4.79 Å². The highest BCUT2D eigenvalue weighted by Gasteiger charge is 2.51. The molecule has 0 saturated carbocycles. The van der Waals surface area contributed by atoms with Crippen molar-refractivity contribution in [2.75, 3.05) is 6.54 Å². The predicted octanol–water partition coefficient (Wildman–Crippen LogP) is 2.02. The fourth-order valence-electron chi connectivity index (χ4n) is 2.65. The molecule has 1 atom stereocenters. The van der Waals surface area contributed by atoms with Crippen LogP contribution in [0.15, 0.2) is 24.3 Å². The van der Waals surface area contributed by atoms with E-state index in [1.165, 1.54) is 0 Å². The van der Waals surface area contributed by atoms with Crippen molar-refractivity contribution in [1.82, 2.24) is 15.5 Å². The van der Waals surface area contributed by atoms with E-state index in [1.54, 1.807) is 24.3 Å². The molecule has 1 aliphatic rings. The minimum Gasteiger partial charge on any atom is -0.352 e.